The van der Waals surface area contributed by atoms with Crippen LogP contribution in [-0.4, -0.2) is 30.4 Å². The minimum atomic E-state index is -0.643. The maximum absolute atomic E-state index is 11.3. The third kappa shape index (κ3) is 6.84. The fourth-order valence-corrected chi connectivity index (χ4v) is 1.32. The molecular weight excluding hydrogens is 198 g/mol. The molecule has 0 bridgehead atoms. The van der Waals surface area contributed by atoms with Crippen LogP contribution in [0.1, 0.15) is 32.6 Å². The van der Waals surface area contributed by atoms with E-state index in [1.807, 2.05) is 7.05 Å². The van der Waals surface area contributed by atoms with Crippen molar-refractivity contribution in [3.63, 3.8) is 0 Å². The molecule has 0 spiro atoms. The number of hydrazine groups is 1. The van der Waals surface area contributed by atoms with E-state index in [1.165, 1.54) is 0 Å². The minimum absolute atomic E-state index is 0.101. The first-order valence-corrected chi connectivity index (χ1v) is 5.19. The summed E-state index contributed by atoms with van der Waals surface area (Å²) in [5.41, 5.74) is 2.06. The Morgan fingerprint density at radius 1 is 1.47 bits per heavy atom. The van der Waals surface area contributed by atoms with E-state index in [4.69, 9.17) is 0 Å². The fraction of sp³-hybridized carbons (Fsp3) is 0.889. The van der Waals surface area contributed by atoms with Crippen molar-refractivity contribution in [3.8, 4) is 0 Å². The summed E-state index contributed by atoms with van der Waals surface area (Å²) in [5, 5.41) is 12.6. The number of nitrogens with one attached hydrogen (secondary N) is 2. The van der Waals surface area contributed by atoms with Crippen LogP contribution >= 0.6 is 0 Å². The van der Waals surface area contributed by atoms with Crippen LogP contribution in [0.2, 0.25) is 0 Å². The van der Waals surface area contributed by atoms with Crippen LogP contribution in [0.25, 0.3) is 0 Å². The number of hydrogen-bond acceptors (Lipinski definition) is 4. The molecule has 0 radical (unpaired) electrons. The number of carbonyl (C=O) groups excluding carboxylic acids is 1. The first-order valence-electron chi connectivity index (χ1n) is 5.19. The molecule has 0 fully saturated rings. The summed E-state index contributed by atoms with van der Waals surface area (Å²) in [6, 6.07) is -0.637. The molecule has 2 N–H and O–H groups in total. The molecule has 88 valence electrons. The first-order chi connectivity index (χ1) is 7.11. The van der Waals surface area contributed by atoms with Crippen LogP contribution < -0.4 is 10.7 Å². The van der Waals surface area contributed by atoms with Gasteiger partial charge in [-0.1, -0.05) is 6.92 Å². The molecule has 0 saturated heterocycles. The average molecular weight is 217 g/mol. The number of carbonyl (C=O) groups is 1. The second kappa shape index (κ2) is 8.16. The summed E-state index contributed by atoms with van der Waals surface area (Å²) in [5.74, 6) is -0.101. The second-order valence-corrected chi connectivity index (χ2v) is 3.36. The molecule has 0 aliphatic heterocycles. The van der Waals surface area contributed by atoms with Crippen molar-refractivity contribution in [3.05, 3.63) is 10.1 Å². The van der Waals surface area contributed by atoms with Crippen molar-refractivity contribution in [2.24, 2.45) is 0 Å². The fourth-order valence-electron chi connectivity index (χ4n) is 1.32. The highest BCUT2D eigenvalue weighted by atomic mass is 16.7. The van der Waals surface area contributed by atoms with Crippen molar-refractivity contribution in [1.82, 2.24) is 10.7 Å². The van der Waals surface area contributed by atoms with Crippen LogP contribution in [0.5, 0.6) is 0 Å². The Morgan fingerprint density at radius 2 is 2.13 bits per heavy atom. The van der Waals surface area contributed by atoms with Gasteiger partial charge in [0.05, 0.1) is 0 Å². The maximum atomic E-state index is 11.3. The van der Waals surface area contributed by atoms with Gasteiger partial charge < -0.3 is 5.32 Å². The molecule has 0 saturated carbocycles. The molecule has 0 rings (SSSR count). The molecule has 0 heterocycles. The molecule has 0 unspecified atom stereocenters. The molecular formula is C9H19N3O3. The Labute approximate surface area is 89.5 Å². The van der Waals surface area contributed by atoms with Crippen molar-refractivity contribution < 1.29 is 9.83 Å². The van der Waals surface area contributed by atoms with Gasteiger partial charge in [0, 0.05) is 6.42 Å². The normalized spacial score (nSPS) is 12.1. The Balaban J connectivity index is 3.90. The predicted octanol–water partition coefficient (Wildman–Crippen LogP) is 0.505. The molecule has 15 heavy (non-hydrogen) atoms. The maximum Gasteiger partial charge on any atom is 0.160 e. The third-order valence-electron chi connectivity index (χ3n) is 2.17. The van der Waals surface area contributed by atoms with Crippen LogP contribution in [0.3, 0.4) is 0 Å². The molecule has 0 aromatic carbocycles. The summed E-state index contributed by atoms with van der Waals surface area (Å²) in [6.45, 7) is 2.58. The van der Waals surface area contributed by atoms with Gasteiger partial charge in [0.15, 0.2) is 10.8 Å². The molecule has 0 aromatic rings. The number of rotatable bonds is 9. The Kier molecular flexibility index (Phi) is 7.53. The van der Waals surface area contributed by atoms with E-state index < -0.39 is 11.1 Å². The second-order valence-electron chi connectivity index (χ2n) is 3.36. The Hall–Kier alpha value is -1.17. The van der Waals surface area contributed by atoms with Crippen molar-refractivity contribution >= 4 is 5.78 Å². The number of ketones is 1. The lowest BCUT2D eigenvalue weighted by atomic mass is 10.0. The number of Topliss-reactive ketones (excluding diaryl/α,β-unsaturated/α-hetero) is 1. The highest BCUT2D eigenvalue weighted by Gasteiger charge is 2.20. The van der Waals surface area contributed by atoms with Gasteiger partial charge >= 0.3 is 0 Å². The topological polar surface area (TPSA) is 84.3 Å². The number of nitrogens with zero attached hydrogens (tertiary/aromatic N) is 1. The van der Waals surface area contributed by atoms with Crippen LogP contribution in [0.15, 0.2) is 0 Å². The molecule has 1 atom stereocenters. The zero-order chi connectivity index (χ0) is 11.7. The lowest BCUT2D eigenvalue weighted by Gasteiger charge is -2.11. The molecule has 0 aliphatic rings. The molecule has 6 heteroatoms. The van der Waals surface area contributed by atoms with E-state index in [0.29, 0.717) is 12.8 Å². The standard InChI is InChI=1S/C9H19N3O3/c1-3-9(13)8(11-12(14)15)6-4-5-7-10-2/h8,10-11H,3-7H2,1-2H3/t8-/m0/s1. The molecule has 6 nitrogen and oxygen atoms in total. The van der Waals surface area contributed by atoms with Gasteiger partial charge in [-0.3, -0.25) is 4.79 Å². The molecule has 0 amide bonds. The Morgan fingerprint density at radius 3 is 2.60 bits per heavy atom. The smallest absolute Gasteiger partial charge is 0.160 e. The predicted molar refractivity (Wildman–Crippen MR) is 57.0 cm³/mol. The Bertz CT molecular complexity index is 209. The largest absolute Gasteiger partial charge is 0.320 e. The van der Waals surface area contributed by atoms with Gasteiger partial charge in [-0.2, -0.15) is 0 Å². The molecule has 0 aromatic heterocycles. The van der Waals surface area contributed by atoms with E-state index >= 15 is 0 Å². The first kappa shape index (κ1) is 13.8. The number of unbranched alkanes of at least 4 members (excludes halogenated alkanes) is 1. The summed E-state index contributed by atoms with van der Waals surface area (Å²) in [6.07, 6.45) is 2.58. The van der Waals surface area contributed by atoms with E-state index in [9.17, 15) is 14.9 Å². The monoisotopic (exact) mass is 217 g/mol. The van der Waals surface area contributed by atoms with Crippen molar-refractivity contribution in [1.29, 1.82) is 0 Å². The number of hydrogen-bond donors (Lipinski definition) is 2. The van der Waals surface area contributed by atoms with Gasteiger partial charge in [0.25, 0.3) is 0 Å². The summed E-state index contributed by atoms with van der Waals surface area (Å²) in [7, 11) is 1.85. The zero-order valence-electron chi connectivity index (χ0n) is 9.28. The van der Waals surface area contributed by atoms with E-state index in [1.54, 1.807) is 6.92 Å². The molecule has 0 aliphatic carbocycles. The van der Waals surface area contributed by atoms with Gasteiger partial charge in [0.1, 0.15) is 6.04 Å². The lowest BCUT2D eigenvalue weighted by molar-refractivity contribution is -0.548. The quantitative estimate of drug-likeness (QED) is 0.334. The zero-order valence-corrected chi connectivity index (χ0v) is 9.28. The van der Waals surface area contributed by atoms with E-state index in [2.05, 4.69) is 10.7 Å². The van der Waals surface area contributed by atoms with Gasteiger partial charge in [-0.15, -0.1) is 5.43 Å². The highest BCUT2D eigenvalue weighted by Crippen LogP contribution is 2.03. The highest BCUT2D eigenvalue weighted by molar-refractivity contribution is 5.83. The number of nitro groups is 1. The van der Waals surface area contributed by atoms with Gasteiger partial charge in [0.2, 0.25) is 0 Å². The van der Waals surface area contributed by atoms with Crippen molar-refractivity contribution in [2.45, 2.75) is 38.6 Å². The van der Waals surface area contributed by atoms with Crippen LogP contribution in [0.4, 0.5) is 0 Å². The van der Waals surface area contributed by atoms with Gasteiger partial charge in [-0.05, 0) is 32.9 Å². The summed E-state index contributed by atoms with van der Waals surface area (Å²) < 4.78 is 0. The minimum Gasteiger partial charge on any atom is -0.320 e. The SMILES string of the molecule is CCC(=O)[C@H](CCCCNC)N[N+](=O)[O-]. The van der Waals surface area contributed by atoms with E-state index in [-0.39, 0.29) is 5.78 Å². The van der Waals surface area contributed by atoms with Crippen LogP contribution in [0, 0.1) is 10.1 Å². The lowest BCUT2D eigenvalue weighted by Crippen LogP contribution is -2.40. The third-order valence-corrected chi connectivity index (χ3v) is 2.17. The van der Waals surface area contributed by atoms with Crippen molar-refractivity contribution in [2.75, 3.05) is 13.6 Å². The van der Waals surface area contributed by atoms with Gasteiger partial charge in [-0.25, -0.2) is 10.1 Å². The average Bonchev–Trinajstić information content (AvgIpc) is 2.21. The van der Waals surface area contributed by atoms with E-state index in [0.717, 1.165) is 19.4 Å². The summed E-state index contributed by atoms with van der Waals surface area (Å²) >= 11 is 0. The van der Waals surface area contributed by atoms with Crippen LogP contribution in [-0.2, 0) is 4.79 Å². The summed E-state index contributed by atoms with van der Waals surface area (Å²) in [4.78, 5) is 21.6.